The summed E-state index contributed by atoms with van der Waals surface area (Å²) < 4.78 is 0. The topological polar surface area (TPSA) is 103 Å². The molecule has 0 aliphatic heterocycles. The normalized spacial score (nSPS) is 9.76. The zero-order chi connectivity index (χ0) is 12.0. The second-order valence-electron chi connectivity index (χ2n) is 2.88. The van der Waals surface area contributed by atoms with E-state index in [-0.39, 0.29) is 18.4 Å². The second-order valence-corrected chi connectivity index (χ2v) is 2.88. The van der Waals surface area contributed by atoms with E-state index in [1.807, 2.05) is 6.07 Å². The average molecular weight is 254 g/mol. The second kappa shape index (κ2) is 7.09. The van der Waals surface area contributed by atoms with Crippen molar-refractivity contribution in [2.45, 2.75) is 0 Å². The number of halogens is 1. The lowest BCUT2D eigenvalue weighted by Gasteiger charge is -2.06. The molecule has 0 saturated carbocycles. The number of hydrogen-bond donors (Lipinski definition) is 3. The first-order valence-electron chi connectivity index (χ1n) is 4.46. The van der Waals surface area contributed by atoms with Gasteiger partial charge in [0.15, 0.2) is 5.96 Å². The lowest BCUT2D eigenvalue weighted by molar-refractivity contribution is 0.256. The Morgan fingerprint density at radius 2 is 2.00 bits per heavy atom. The fourth-order valence-corrected chi connectivity index (χ4v) is 0.963. The summed E-state index contributed by atoms with van der Waals surface area (Å²) in [6.07, 6.45) is 0. The van der Waals surface area contributed by atoms with E-state index in [1.165, 1.54) is 7.05 Å². The number of carbonyl (C=O) groups is 1. The highest BCUT2D eigenvalue weighted by molar-refractivity contribution is 6.01. The highest BCUT2D eigenvalue weighted by Gasteiger charge is 2.02. The van der Waals surface area contributed by atoms with Crippen molar-refractivity contribution in [3.8, 4) is 6.07 Å². The predicted octanol–water partition coefficient (Wildman–Crippen LogP) is 1.05. The summed E-state index contributed by atoms with van der Waals surface area (Å²) >= 11 is 0. The van der Waals surface area contributed by atoms with Gasteiger partial charge in [0.1, 0.15) is 0 Å². The average Bonchev–Trinajstić information content (AvgIpc) is 2.29. The third-order valence-corrected chi connectivity index (χ3v) is 1.75. The van der Waals surface area contributed by atoms with E-state index in [2.05, 4.69) is 15.6 Å². The van der Waals surface area contributed by atoms with Gasteiger partial charge in [0.2, 0.25) is 0 Å². The van der Waals surface area contributed by atoms with Crippen LogP contribution in [0.3, 0.4) is 0 Å². The van der Waals surface area contributed by atoms with Crippen LogP contribution in [0.2, 0.25) is 0 Å². The first-order valence-corrected chi connectivity index (χ1v) is 4.46. The largest absolute Gasteiger partial charge is 0.370 e. The van der Waals surface area contributed by atoms with E-state index >= 15 is 0 Å². The molecule has 0 radical (unpaired) electrons. The van der Waals surface area contributed by atoms with E-state index in [0.717, 1.165) is 0 Å². The van der Waals surface area contributed by atoms with Crippen LogP contribution < -0.4 is 16.4 Å². The molecule has 0 heterocycles. The van der Waals surface area contributed by atoms with Crippen molar-refractivity contribution >= 4 is 30.1 Å². The van der Waals surface area contributed by atoms with Crippen molar-refractivity contribution in [2.75, 3.05) is 12.4 Å². The number of anilines is 1. The smallest absolute Gasteiger partial charge is 0.325 e. The van der Waals surface area contributed by atoms with Crippen LogP contribution in [0, 0.1) is 11.3 Å². The van der Waals surface area contributed by atoms with Crippen molar-refractivity contribution in [3.63, 3.8) is 0 Å². The summed E-state index contributed by atoms with van der Waals surface area (Å²) in [5.74, 6) is 0.0335. The number of nitriles is 1. The van der Waals surface area contributed by atoms with E-state index < -0.39 is 6.03 Å². The molecular weight excluding hydrogens is 242 g/mol. The highest BCUT2D eigenvalue weighted by atomic mass is 35.5. The molecule has 1 aromatic carbocycles. The van der Waals surface area contributed by atoms with Gasteiger partial charge in [-0.25, -0.2) is 4.79 Å². The van der Waals surface area contributed by atoms with Gasteiger partial charge < -0.3 is 11.1 Å². The molecule has 0 aliphatic rings. The monoisotopic (exact) mass is 253 g/mol. The van der Waals surface area contributed by atoms with E-state index in [4.69, 9.17) is 11.0 Å². The number of aliphatic imine (C=N–C) groups is 1. The summed E-state index contributed by atoms with van der Waals surface area (Å²) in [7, 11) is 1.47. The maximum atomic E-state index is 11.3. The van der Waals surface area contributed by atoms with E-state index in [9.17, 15) is 4.79 Å². The van der Waals surface area contributed by atoms with E-state index in [0.29, 0.717) is 11.3 Å². The lowest BCUT2D eigenvalue weighted by Crippen LogP contribution is -2.39. The van der Waals surface area contributed by atoms with Gasteiger partial charge in [-0.15, -0.1) is 12.4 Å². The van der Waals surface area contributed by atoms with Gasteiger partial charge in [0, 0.05) is 12.7 Å². The van der Waals surface area contributed by atoms with Crippen molar-refractivity contribution in [1.29, 1.82) is 5.26 Å². The highest BCUT2D eigenvalue weighted by Crippen LogP contribution is 2.08. The molecule has 0 bridgehead atoms. The molecule has 1 aromatic rings. The Balaban J connectivity index is 0.00000256. The van der Waals surface area contributed by atoms with Crippen LogP contribution in [0.15, 0.2) is 29.3 Å². The Bertz CT molecular complexity index is 449. The number of urea groups is 1. The molecule has 4 N–H and O–H groups in total. The molecule has 0 spiro atoms. The lowest BCUT2D eigenvalue weighted by atomic mass is 10.2. The van der Waals surface area contributed by atoms with Crippen molar-refractivity contribution in [1.82, 2.24) is 5.32 Å². The Hall–Kier alpha value is -2.26. The van der Waals surface area contributed by atoms with Crippen LogP contribution in [0.4, 0.5) is 10.5 Å². The molecule has 0 aliphatic carbocycles. The van der Waals surface area contributed by atoms with Gasteiger partial charge in [-0.2, -0.15) is 5.26 Å². The molecule has 0 atom stereocenters. The van der Waals surface area contributed by atoms with Crippen LogP contribution in [-0.2, 0) is 0 Å². The van der Waals surface area contributed by atoms with Crippen LogP contribution >= 0.6 is 12.4 Å². The summed E-state index contributed by atoms with van der Waals surface area (Å²) in [6.45, 7) is 0. The molecule has 0 aromatic heterocycles. The van der Waals surface area contributed by atoms with Gasteiger partial charge in [-0.1, -0.05) is 0 Å². The summed E-state index contributed by atoms with van der Waals surface area (Å²) in [5.41, 5.74) is 6.41. The fourth-order valence-electron chi connectivity index (χ4n) is 0.963. The molecule has 0 unspecified atom stereocenters. The van der Waals surface area contributed by atoms with Crippen LogP contribution in [0.25, 0.3) is 0 Å². The Morgan fingerprint density at radius 1 is 1.41 bits per heavy atom. The molecular formula is C10H12ClN5O. The maximum absolute atomic E-state index is 11.3. The predicted molar refractivity (Wildman–Crippen MR) is 68.1 cm³/mol. The summed E-state index contributed by atoms with van der Waals surface area (Å²) in [6, 6.07) is 7.96. The number of benzene rings is 1. The van der Waals surface area contributed by atoms with Crippen molar-refractivity contribution in [2.24, 2.45) is 10.7 Å². The minimum atomic E-state index is -0.479. The number of nitrogens with one attached hydrogen (secondary N) is 2. The minimum Gasteiger partial charge on any atom is -0.370 e. The van der Waals surface area contributed by atoms with Crippen molar-refractivity contribution < 1.29 is 4.79 Å². The first kappa shape index (κ1) is 14.7. The van der Waals surface area contributed by atoms with Crippen molar-refractivity contribution in [3.05, 3.63) is 29.8 Å². The number of rotatable bonds is 1. The molecule has 17 heavy (non-hydrogen) atoms. The van der Waals surface area contributed by atoms with Crippen LogP contribution in [0.1, 0.15) is 5.56 Å². The SMILES string of the molecule is CN=C(N)NC(=O)Nc1ccc(C#N)cc1.Cl. The summed E-state index contributed by atoms with van der Waals surface area (Å²) in [4.78, 5) is 14.9. The third kappa shape index (κ3) is 4.86. The number of hydrogen-bond acceptors (Lipinski definition) is 3. The minimum absolute atomic E-state index is 0. The quantitative estimate of drug-likeness (QED) is 0.515. The Labute approximate surface area is 105 Å². The number of nitrogens with two attached hydrogens (primary N) is 1. The zero-order valence-electron chi connectivity index (χ0n) is 9.10. The molecule has 90 valence electrons. The Morgan fingerprint density at radius 3 is 2.47 bits per heavy atom. The van der Waals surface area contributed by atoms with Gasteiger partial charge in [0.25, 0.3) is 0 Å². The molecule has 7 heteroatoms. The third-order valence-electron chi connectivity index (χ3n) is 1.75. The van der Waals surface area contributed by atoms with E-state index in [1.54, 1.807) is 24.3 Å². The standard InChI is InChI=1S/C10H11N5O.ClH/c1-13-9(12)15-10(16)14-8-4-2-7(6-11)3-5-8;/h2-5H,1H3,(H4,12,13,14,15,16);1H. The maximum Gasteiger partial charge on any atom is 0.325 e. The van der Waals surface area contributed by atoms with Gasteiger partial charge in [-0.05, 0) is 24.3 Å². The number of amides is 2. The van der Waals surface area contributed by atoms with Gasteiger partial charge in [-0.3, -0.25) is 10.3 Å². The molecule has 0 fully saturated rings. The number of nitrogens with zero attached hydrogens (tertiary/aromatic N) is 2. The zero-order valence-corrected chi connectivity index (χ0v) is 9.91. The summed E-state index contributed by atoms with van der Waals surface area (Å²) in [5, 5.41) is 13.4. The molecule has 2 amide bonds. The Kier molecular flexibility index (Phi) is 6.14. The van der Waals surface area contributed by atoms with Gasteiger partial charge >= 0.3 is 6.03 Å². The first-order chi connectivity index (χ1) is 7.65. The fraction of sp³-hybridized carbons (Fsp3) is 0.100. The van der Waals surface area contributed by atoms with Crippen LogP contribution in [0.5, 0.6) is 0 Å². The molecule has 0 saturated heterocycles. The van der Waals surface area contributed by atoms with Crippen LogP contribution in [-0.4, -0.2) is 19.0 Å². The molecule has 6 nitrogen and oxygen atoms in total. The molecule has 1 rings (SSSR count). The number of guanidine groups is 1. The van der Waals surface area contributed by atoms with Gasteiger partial charge in [0.05, 0.1) is 11.6 Å². The number of carbonyl (C=O) groups excluding carboxylic acids is 1.